The van der Waals surface area contributed by atoms with Gasteiger partial charge in [0, 0.05) is 13.2 Å². The van der Waals surface area contributed by atoms with Crippen molar-refractivity contribution >= 4 is 12.1 Å². The van der Waals surface area contributed by atoms with E-state index in [1.165, 1.54) is 7.11 Å². The topological polar surface area (TPSA) is 73.9 Å². The lowest BCUT2D eigenvalue weighted by Crippen LogP contribution is -2.40. The van der Waals surface area contributed by atoms with Gasteiger partial charge in [0.1, 0.15) is 5.60 Å². The van der Waals surface area contributed by atoms with Crippen LogP contribution in [0.3, 0.4) is 0 Å². The van der Waals surface area contributed by atoms with E-state index in [1.54, 1.807) is 0 Å². The molecule has 0 aliphatic carbocycles. The van der Waals surface area contributed by atoms with Gasteiger partial charge in [-0.25, -0.2) is 4.79 Å². The van der Waals surface area contributed by atoms with E-state index in [2.05, 4.69) is 10.1 Å². The van der Waals surface area contributed by atoms with Crippen molar-refractivity contribution in [1.29, 1.82) is 0 Å². The van der Waals surface area contributed by atoms with Gasteiger partial charge in [0.2, 0.25) is 0 Å². The van der Waals surface area contributed by atoms with Crippen LogP contribution in [0.2, 0.25) is 0 Å². The van der Waals surface area contributed by atoms with Gasteiger partial charge in [-0.15, -0.1) is 0 Å². The van der Waals surface area contributed by atoms with E-state index in [1.807, 2.05) is 20.8 Å². The third kappa shape index (κ3) is 6.23. The monoisotopic (exact) mass is 287 g/mol. The first-order valence-corrected chi connectivity index (χ1v) is 6.93. The molecule has 6 nitrogen and oxygen atoms in total. The Morgan fingerprint density at radius 3 is 2.60 bits per heavy atom. The number of hydrogen-bond donors (Lipinski definition) is 1. The molecule has 0 unspecified atom stereocenters. The van der Waals surface area contributed by atoms with Gasteiger partial charge in [-0.1, -0.05) is 0 Å². The van der Waals surface area contributed by atoms with Gasteiger partial charge in [-0.05, 0) is 39.0 Å². The average Bonchev–Trinajstić information content (AvgIpc) is 2.35. The van der Waals surface area contributed by atoms with Crippen LogP contribution >= 0.6 is 0 Å². The van der Waals surface area contributed by atoms with Crippen molar-refractivity contribution in [2.75, 3.05) is 26.9 Å². The lowest BCUT2D eigenvalue weighted by Gasteiger charge is -2.31. The lowest BCUT2D eigenvalue weighted by molar-refractivity contribution is -0.143. The summed E-state index contributed by atoms with van der Waals surface area (Å²) in [5.74, 6) is 0.0317. The number of alkyl carbamates (subject to hydrolysis) is 1. The first-order chi connectivity index (χ1) is 9.31. The fraction of sp³-hybridized carbons (Fsp3) is 0.857. The summed E-state index contributed by atoms with van der Waals surface area (Å²) in [6.45, 7) is 7.12. The Labute approximate surface area is 120 Å². The summed E-state index contributed by atoms with van der Waals surface area (Å²) in [4.78, 5) is 23.0. The van der Waals surface area contributed by atoms with Crippen molar-refractivity contribution < 1.29 is 23.8 Å². The summed E-state index contributed by atoms with van der Waals surface area (Å²) in [5.41, 5.74) is -0.509. The molecule has 20 heavy (non-hydrogen) atoms. The molecule has 1 rings (SSSR count). The van der Waals surface area contributed by atoms with E-state index in [9.17, 15) is 9.59 Å². The second-order valence-corrected chi connectivity index (χ2v) is 6.05. The molecule has 0 aromatic carbocycles. The predicted molar refractivity (Wildman–Crippen MR) is 73.3 cm³/mol. The number of hydrogen-bond acceptors (Lipinski definition) is 5. The van der Waals surface area contributed by atoms with E-state index < -0.39 is 11.7 Å². The highest BCUT2D eigenvalue weighted by atomic mass is 16.6. The van der Waals surface area contributed by atoms with E-state index >= 15 is 0 Å². The van der Waals surface area contributed by atoms with Crippen LogP contribution < -0.4 is 5.32 Å². The van der Waals surface area contributed by atoms with Crippen LogP contribution in [0.1, 0.15) is 33.6 Å². The van der Waals surface area contributed by atoms with E-state index in [4.69, 9.17) is 9.47 Å². The maximum absolute atomic E-state index is 11.6. The van der Waals surface area contributed by atoms with Crippen LogP contribution in [0.15, 0.2) is 0 Å². The van der Waals surface area contributed by atoms with Crippen molar-refractivity contribution in [3.8, 4) is 0 Å². The zero-order valence-corrected chi connectivity index (χ0v) is 12.7. The van der Waals surface area contributed by atoms with E-state index in [-0.39, 0.29) is 17.8 Å². The first kappa shape index (κ1) is 16.8. The maximum atomic E-state index is 11.6. The first-order valence-electron chi connectivity index (χ1n) is 6.93. The van der Waals surface area contributed by atoms with E-state index in [0.717, 1.165) is 6.42 Å². The highest BCUT2D eigenvalue weighted by Gasteiger charge is 2.29. The van der Waals surface area contributed by atoms with Crippen LogP contribution in [-0.4, -0.2) is 44.5 Å². The molecule has 2 atom stereocenters. The van der Waals surface area contributed by atoms with Crippen molar-refractivity contribution in [3.05, 3.63) is 0 Å². The number of amides is 1. The van der Waals surface area contributed by atoms with Crippen molar-refractivity contribution in [1.82, 2.24) is 5.32 Å². The summed E-state index contributed by atoms with van der Waals surface area (Å²) >= 11 is 0. The second-order valence-electron chi connectivity index (χ2n) is 6.05. The Bertz CT molecular complexity index is 337. The third-order valence-corrected chi connectivity index (χ3v) is 3.20. The van der Waals surface area contributed by atoms with Crippen molar-refractivity contribution in [3.63, 3.8) is 0 Å². The summed E-state index contributed by atoms with van der Waals surface area (Å²) < 4.78 is 15.3. The minimum atomic E-state index is -0.509. The number of ether oxygens (including phenoxy) is 3. The maximum Gasteiger partial charge on any atom is 0.407 e. The molecule has 0 aromatic heterocycles. The molecule has 0 bridgehead atoms. The van der Waals surface area contributed by atoms with Crippen LogP contribution in [0.4, 0.5) is 4.79 Å². The molecule has 1 N–H and O–H groups in total. The van der Waals surface area contributed by atoms with Crippen LogP contribution in [0.25, 0.3) is 0 Å². The Morgan fingerprint density at radius 2 is 2.00 bits per heavy atom. The number of rotatable bonds is 4. The summed E-state index contributed by atoms with van der Waals surface area (Å²) in [7, 11) is 1.37. The summed E-state index contributed by atoms with van der Waals surface area (Å²) in [6.07, 6.45) is 0.704. The standard InChI is InChI=1S/C14H25NO5/c1-14(2,3)20-13(17)15-8-10-5-6-19-9-11(10)7-12(16)18-4/h10-11H,5-9H2,1-4H3,(H,15,17)/t10-,11+/m0/s1. The Balaban J connectivity index is 2.42. The Kier molecular flexibility index (Phi) is 6.26. The zero-order chi connectivity index (χ0) is 15.2. The molecule has 0 saturated carbocycles. The molecular weight excluding hydrogens is 262 g/mol. The van der Waals surface area contributed by atoms with Gasteiger partial charge in [0.15, 0.2) is 0 Å². The van der Waals surface area contributed by atoms with Crippen LogP contribution in [0, 0.1) is 11.8 Å². The van der Waals surface area contributed by atoms with Crippen LogP contribution in [0.5, 0.6) is 0 Å². The molecule has 0 radical (unpaired) electrons. The summed E-state index contributed by atoms with van der Waals surface area (Å²) in [6, 6.07) is 0. The normalized spacial score (nSPS) is 23.0. The number of methoxy groups -OCH3 is 1. The van der Waals surface area contributed by atoms with Crippen molar-refractivity contribution in [2.24, 2.45) is 11.8 Å². The molecule has 0 spiro atoms. The fourth-order valence-corrected chi connectivity index (χ4v) is 2.16. The number of nitrogens with one attached hydrogen (secondary N) is 1. The molecular formula is C14H25NO5. The number of carbonyl (C=O) groups excluding carboxylic acids is 2. The van der Waals surface area contributed by atoms with Crippen molar-refractivity contribution in [2.45, 2.75) is 39.2 Å². The predicted octanol–water partition coefficient (Wildman–Crippen LogP) is 1.73. The van der Waals surface area contributed by atoms with Gasteiger partial charge < -0.3 is 19.5 Å². The van der Waals surface area contributed by atoms with Gasteiger partial charge in [-0.3, -0.25) is 4.79 Å². The number of esters is 1. The average molecular weight is 287 g/mol. The molecule has 1 fully saturated rings. The van der Waals surface area contributed by atoms with E-state index in [0.29, 0.717) is 26.2 Å². The Morgan fingerprint density at radius 1 is 1.30 bits per heavy atom. The third-order valence-electron chi connectivity index (χ3n) is 3.20. The lowest BCUT2D eigenvalue weighted by atomic mass is 9.86. The van der Waals surface area contributed by atoms with Gasteiger partial charge >= 0.3 is 12.1 Å². The van der Waals surface area contributed by atoms with Gasteiger partial charge in [-0.2, -0.15) is 0 Å². The van der Waals surface area contributed by atoms with Crippen LogP contribution in [-0.2, 0) is 19.0 Å². The Hall–Kier alpha value is -1.30. The number of carbonyl (C=O) groups is 2. The van der Waals surface area contributed by atoms with Gasteiger partial charge in [0.05, 0.1) is 20.1 Å². The molecule has 1 saturated heterocycles. The quantitative estimate of drug-likeness (QED) is 0.797. The second kappa shape index (κ2) is 7.47. The molecule has 1 heterocycles. The molecule has 1 aliphatic heterocycles. The molecule has 0 aromatic rings. The van der Waals surface area contributed by atoms with Gasteiger partial charge in [0.25, 0.3) is 0 Å². The minimum Gasteiger partial charge on any atom is -0.469 e. The summed E-state index contributed by atoms with van der Waals surface area (Å²) in [5, 5.41) is 2.76. The largest absolute Gasteiger partial charge is 0.469 e. The zero-order valence-electron chi connectivity index (χ0n) is 12.7. The molecule has 1 amide bonds. The molecule has 6 heteroatoms. The highest BCUT2D eigenvalue weighted by Crippen LogP contribution is 2.24. The fourth-order valence-electron chi connectivity index (χ4n) is 2.16. The minimum absolute atomic E-state index is 0.0751. The molecule has 116 valence electrons. The SMILES string of the molecule is COC(=O)C[C@@H]1COCC[C@H]1CNC(=O)OC(C)(C)C. The smallest absolute Gasteiger partial charge is 0.407 e. The highest BCUT2D eigenvalue weighted by molar-refractivity contribution is 5.69. The molecule has 1 aliphatic rings.